The van der Waals surface area contributed by atoms with Crippen LogP contribution in [0.3, 0.4) is 0 Å². The van der Waals surface area contributed by atoms with Crippen molar-refractivity contribution in [3.63, 3.8) is 0 Å². The lowest BCUT2D eigenvalue weighted by molar-refractivity contribution is 0.174. The molecule has 1 fully saturated rings. The van der Waals surface area contributed by atoms with Gasteiger partial charge in [0.2, 0.25) is 6.79 Å². The van der Waals surface area contributed by atoms with Gasteiger partial charge in [-0.1, -0.05) is 48.5 Å². The first-order valence-electron chi connectivity index (χ1n) is 13.0. The minimum Gasteiger partial charge on any atom is -0.454 e. The van der Waals surface area contributed by atoms with Gasteiger partial charge in [-0.2, -0.15) is 0 Å². The first-order chi connectivity index (χ1) is 19.2. The Kier molecular flexibility index (Phi) is 5.93. The Labute approximate surface area is 224 Å². The van der Waals surface area contributed by atoms with Crippen molar-refractivity contribution in [3.8, 4) is 11.5 Å². The molecule has 0 bridgehead atoms. The fraction of sp³-hybridized carbons (Fsp3) is 0.241. The Morgan fingerprint density at radius 2 is 1.59 bits per heavy atom. The number of piperazine rings is 1. The van der Waals surface area contributed by atoms with Crippen molar-refractivity contribution < 1.29 is 9.47 Å². The number of para-hydroxylation sites is 1. The third kappa shape index (κ3) is 4.48. The number of aromatic amines is 1. The molecular formula is C29H27N7O3. The van der Waals surface area contributed by atoms with Crippen LogP contribution in [0.5, 0.6) is 11.5 Å². The topological polar surface area (TPSA) is 101 Å². The highest BCUT2D eigenvalue weighted by atomic mass is 16.7. The van der Waals surface area contributed by atoms with Gasteiger partial charge < -0.3 is 19.4 Å². The Morgan fingerprint density at radius 3 is 2.36 bits per heavy atom. The molecule has 0 amide bonds. The molecule has 7 rings (SSSR count). The number of H-pyrrole nitrogens is 1. The monoisotopic (exact) mass is 521 g/mol. The van der Waals surface area contributed by atoms with E-state index in [4.69, 9.17) is 9.47 Å². The van der Waals surface area contributed by atoms with Crippen LogP contribution in [0.25, 0.3) is 10.9 Å². The lowest BCUT2D eigenvalue weighted by Gasteiger charge is -2.39. The summed E-state index contributed by atoms with van der Waals surface area (Å²) in [7, 11) is 0. The Bertz CT molecular complexity index is 1660. The summed E-state index contributed by atoms with van der Waals surface area (Å²) in [5.74, 6) is 1.94. The van der Waals surface area contributed by atoms with E-state index in [0.717, 1.165) is 37.1 Å². The number of benzene rings is 3. The quantitative estimate of drug-likeness (QED) is 0.364. The number of anilines is 1. The summed E-state index contributed by atoms with van der Waals surface area (Å²) in [6.45, 7) is 3.82. The molecule has 10 heteroatoms. The lowest BCUT2D eigenvalue weighted by atomic mass is 10.0. The molecule has 1 N–H and O–H groups in total. The van der Waals surface area contributed by atoms with Gasteiger partial charge in [0.05, 0.1) is 12.1 Å². The van der Waals surface area contributed by atoms with E-state index in [1.54, 1.807) is 4.68 Å². The highest BCUT2D eigenvalue weighted by molar-refractivity contribution is 5.83. The van der Waals surface area contributed by atoms with Gasteiger partial charge in [-0.25, -0.2) is 4.68 Å². The number of tetrazole rings is 1. The maximum absolute atomic E-state index is 13.6. The van der Waals surface area contributed by atoms with E-state index in [1.165, 1.54) is 5.69 Å². The number of rotatable bonds is 6. The molecule has 5 aromatic rings. The van der Waals surface area contributed by atoms with Crippen LogP contribution in [-0.2, 0) is 6.54 Å². The van der Waals surface area contributed by atoms with Crippen LogP contribution in [0.2, 0.25) is 0 Å². The molecule has 3 aromatic carbocycles. The Hall–Kier alpha value is -4.70. The van der Waals surface area contributed by atoms with Gasteiger partial charge in [-0.15, -0.1) is 5.10 Å². The van der Waals surface area contributed by atoms with E-state index in [-0.39, 0.29) is 12.4 Å². The smallest absolute Gasteiger partial charge is 0.253 e. The molecule has 39 heavy (non-hydrogen) atoms. The number of nitrogens with one attached hydrogen (secondary N) is 1. The highest BCUT2D eigenvalue weighted by Gasteiger charge is 2.33. The molecule has 2 aliphatic heterocycles. The molecule has 1 atom stereocenters. The maximum atomic E-state index is 13.6. The summed E-state index contributed by atoms with van der Waals surface area (Å²) >= 11 is 0. The van der Waals surface area contributed by atoms with Crippen molar-refractivity contribution in [1.29, 1.82) is 0 Å². The standard InChI is InChI=1S/C29H27N7O3/c37-29-23(15-21-16-25-26(39-19-38-25)17-24(21)30-29)27(28-31-32-33-36(28)18-20-7-3-1-4-8-20)35-13-11-34(12-14-35)22-9-5-2-6-10-22/h1-10,15-17,27H,11-14,18-19H2,(H,30,37)/t27-/m1/s1. The largest absolute Gasteiger partial charge is 0.454 e. The molecule has 2 aromatic heterocycles. The number of ether oxygens (including phenoxy) is 2. The average Bonchev–Trinajstić information content (AvgIpc) is 3.63. The molecule has 4 heterocycles. The van der Waals surface area contributed by atoms with Gasteiger partial charge in [0.1, 0.15) is 6.04 Å². The number of aromatic nitrogens is 5. The summed E-state index contributed by atoms with van der Waals surface area (Å²) in [6, 6.07) is 25.7. The summed E-state index contributed by atoms with van der Waals surface area (Å²) in [5, 5.41) is 13.7. The van der Waals surface area contributed by atoms with E-state index in [2.05, 4.69) is 54.6 Å². The summed E-state index contributed by atoms with van der Waals surface area (Å²) < 4.78 is 12.9. The summed E-state index contributed by atoms with van der Waals surface area (Å²) in [4.78, 5) is 21.4. The zero-order chi connectivity index (χ0) is 26.2. The predicted molar refractivity (Wildman–Crippen MR) is 146 cm³/mol. The van der Waals surface area contributed by atoms with Crippen molar-refractivity contribution in [2.75, 3.05) is 37.9 Å². The molecule has 1 saturated heterocycles. The maximum Gasteiger partial charge on any atom is 0.253 e. The molecule has 0 radical (unpaired) electrons. The summed E-state index contributed by atoms with van der Waals surface area (Å²) in [5.41, 5.74) is 3.40. The van der Waals surface area contributed by atoms with Crippen LogP contribution in [-0.4, -0.2) is 63.1 Å². The third-order valence-corrected chi connectivity index (χ3v) is 7.44. The van der Waals surface area contributed by atoms with Gasteiger partial charge in [-0.3, -0.25) is 9.69 Å². The van der Waals surface area contributed by atoms with Crippen LogP contribution in [0.4, 0.5) is 5.69 Å². The Balaban J connectivity index is 1.28. The third-order valence-electron chi connectivity index (χ3n) is 7.44. The van der Waals surface area contributed by atoms with Crippen LogP contribution in [0.1, 0.15) is 23.0 Å². The fourth-order valence-corrected chi connectivity index (χ4v) is 5.47. The van der Waals surface area contributed by atoms with E-state index in [0.29, 0.717) is 34.9 Å². The van der Waals surface area contributed by atoms with Gasteiger partial charge >= 0.3 is 0 Å². The zero-order valence-electron chi connectivity index (χ0n) is 21.2. The number of pyridine rings is 1. The van der Waals surface area contributed by atoms with Gasteiger partial charge in [0, 0.05) is 48.9 Å². The first-order valence-corrected chi connectivity index (χ1v) is 13.0. The second kappa shape index (κ2) is 9.88. The van der Waals surface area contributed by atoms with Crippen molar-refractivity contribution >= 4 is 16.6 Å². The molecule has 10 nitrogen and oxygen atoms in total. The predicted octanol–water partition coefficient (Wildman–Crippen LogP) is 3.20. The molecule has 2 aliphatic rings. The Morgan fingerprint density at radius 1 is 0.872 bits per heavy atom. The molecule has 0 aliphatic carbocycles. The highest BCUT2D eigenvalue weighted by Crippen LogP contribution is 2.36. The van der Waals surface area contributed by atoms with Crippen molar-refractivity contribution in [2.45, 2.75) is 12.6 Å². The number of fused-ring (bicyclic) bond motifs is 2. The average molecular weight is 522 g/mol. The fourth-order valence-electron chi connectivity index (χ4n) is 5.47. The zero-order valence-corrected chi connectivity index (χ0v) is 21.2. The lowest BCUT2D eigenvalue weighted by Crippen LogP contribution is -2.49. The van der Waals surface area contributed by atoms with Crippen LogP contribution in [0.15, 0.2) is 83.7 Å². The molecule has 0 saturated carbocycles. The molecule has 0 unspecified atom stereocenters. The molecular weight excluding hydrogens is 494 g/mol. The first kappa shape index (κ1) is 23.4. The van der Waals surface area contributed by atoms with Crippen molar-refractivity contribution in [2.24, 2.45) is 0 Å². The van der Waals surface area contributed by atoms with E-state index in [1.807, 2.05) is 54.6 Å². The van der Waals surface area contributed by atoms with E-state index >= 15 is 0 Å². The van der Waals surface area contributed by atoms with Gasteiger partial charge in [0.25, 0.3) is 5.56 Å². The van der Waals surface area contributed by atoms with E-state index in [9.17, 15) is 4.79 Å². The molecule has 196 valence electrons. The number of hydrogen-bond donors (Lipinski definition) is 1. The van der Waals surface area contributed by atoms with E-state index < -0.39 is 6.04 Å². The normalized spacial score (nSPS) is 16.1. The number of nitrogens with zero attached hydrogens (tertiary/aromatic N) is 6. The SMILES string of the molecule is O=c1[nH]c2cc3c(cc2cc1[C@H](c1nnnn1Cc1ccccc1)N1CCN(c2ccccc2)CC1)OCO3. The second-order valence-electron chi connectivity index (χ2n) is 9.79. The van der Waals surface area contributed by atoms with Gasteiger partial charge in [0.15, 0.2) is 17.3 Å². The van der Waals surface area contributed by atoms with Crippen LogP contribution >= 0.6 is 0 Å². The van der Waals surface area contributed by atoms with Crippen molar-refractivity contribution in [3.05, 3.63) is 106 Å². The summed E-state index contributed by atoms with van der Waals surface area (Å²) in [6.07, 6.45) is 0. The number of hydrogen-bond acceptors (Lipinski definition) is 8. The minimum atomic E-state index is -0.430. The van der Waals surface area contributed by atoms with Crippen LogP contribution in [0, 0.1) is 0 Å². The minimum absolute atomic E-state index is 0.172. The van der Waals surface area contributed by atoms with Crippen LogP contribution < -0.4 is 19.9 Å². The van der Waals surface area contributed by atoms with Gasteiger partial charge in [-0.05, 0) is 40.3 Å². The molecule has 0 spiro atoms. The van der Waals surface area contributed by atoms with Crippen molar-refractivity contribution in [1.82, 2.24) is 30.1 Å². The second-order valence-corrected chi connectivity index (χ2v) is 9.79.